The molecule has 25 heavy (non-hydrogen) atoms. The van der Waals surface area contributed by atoms with Crippen LogP contribution in [0.4, 0.5) is 0 Å². The van der Waals surface area contributed by atoms with E-state index in [0.717, 1.165) is 52.4 Å². The molecule has 1 aliphatic heterocycles. The molecule has 0 radical (unpaired) electrons. The first kappa shape index (κ1) is 30.3. The third-order valence-corrected chi connectivity index (χ3v) is 2.37. The topological polar surface area (TPSA) is 233 Å². The molecule has 0 aromatic rings. The molecule has 1 rings (SSSR count). The fourth-order valence-electron chi connectivity index (χ4n) is 1.53. The van der Waals surface area contributed by atoms with Crippen molar-refractivity contribution in [1.29, 1.82) is 0 Å². The summed E-state index contributed by atoms with van der Waals surface area (Å²) in [6.45, 7) is 8.87. The van der Waals surface area contributed by atoms with Crippen LogP contribution in [0.25, 0.3) is 0 Å². The van der Waals surface area contributed by atoms with Gasteiger partial charge in [0.25, 0.3) is 0 Å². The van der Waals surface area contributed by atoms with E-state index >= 15 is 0 Å². The standard InChI is InChI=1S/C10H24N4.2ClHO4.Ni/c1-3-11-7-9-13-5-2-6-14-10-8-12-4-1;2*2-1(3,4)5;/h11-14H,1-10H2;2*(H,2,3,4,5);/q;;;+2/p-2. The minimum absolute atomic E-state index is 0. The van der Waals surface area contributed by atoms with E-state index in [4.69, 9.17) is 37.3 Å². The summed E-state index contributed by atoms with van der Waals surface area (Å²) < 4.78 is 67.9. The van der Waals surface area contributed by atoms with E-state index in [1.54, 1.807) is 0 Å². The Bertz CT molecular complexity index is 197. The molecule has 0 amide bonds. The van der Waals surface area contributed by atoms with Crippen molar-refractivity contribution in [3.8, 4) is 0 Å². The minimum Gasteiger partial charge on any atom is -0.315 e. The summed E-state index contributed by atoms with van der Waals surface area (Å²) in [4.78, 5) is 0. The van der Waals surface area contributed by atoms with Crippen molar-refractivity contribution in [2.75, 3.05) is 52.4 Å². The van der Waals surface area contributed by atoms with Gasteiger partial charge in [-0.05, 0) is 39.0 Å². The van der Waals surface area contributed by atoms with Gasteiger partial charge in [-0.15, -0.1) is 20.5 Å². The van der Waals surface area contributed by atoms with Crippen molar-refractivity contribution in [1.82, 2.24) is 21.3 Å². The average molecular weight is 458 g/mol. The summed E-state index contributed by atoms with van der Waals surface area (Å²) in [5, 5.41) is 13.7. The molecular formula is C10H24Cl2N4NiO8. The normalized spacial score (nSPS) is 18.2. The zero-order valence-corrected chi connectivity index (χ0v) is 15.9. The van der Waals surface area contributed by atoms with Crippen LogP contribution in [0.2, 0.25) is 0 Å². The average Bonchev–Trinajstić information content (AvgIpc) is 2.38. The number of rotatable bonds is 0. The molecule has 1 fully saturated rings. The summed E-state index contributed by atoms with van der Waals surface area (Å²) >= 11 is 0. The summed E-state index contributed by atoms with van der Waals surface area (Å²) in [7, 11) is -9.89. The first-order valence-electron chi connectivity index (χ1n) is 7.06. The monoisotopic (exact) mass is 456 g/mol. The molecule has 15 heteroatoms. The van der Waals surface area contributed by atoms with Gasteiger partial charge in [0.1, 0.15) is 0 Å². The van der Waals surface area contributed by atoms with E-state index in [-0.39, 0.29) is 16.5 Å². The third kappa shape index (κ3) is 58.9. The Morgan fingerprint density at radius 1 is 0.400 bits per heavy atom. The smallest absolute Gasteiger partial charge is 0.315 e. The van der Waals surface area contributed by atoms with E-state index < -0.39 is 20.5 Å². The fraction of sp³-hybridized carbons (Fsp3) is 1.00. The summed E-state index contributed by atoms with van der Waals surface area (Å²) in [6, 6.07) is 0. The molecule has 0 aromatic heterocycles. The molecule has 1 aliphatic rings. The zero-order valence-electron chi connectivity index (χ0n) is 13.4. The van der Waals surface area contributed by atoms with Crippen molar-refractivity contribution < 1.29 is 74.2 Å². The molecule has 0 bridgehead atoms. The van der Waals surface area contributed by atoms with E-state index in [1.165, 1.54) is 12.8 Å². The SMILES string of the molecule is C1CNCCNCCCNCCNC1.[Ni+2].[O-][Cl+3]([O-])([O-])[O-].[O-][Cl+3]([O-])([O-])[O-]. The minimum atomic E-state index is -4.94. The molecular weight excluding hydrogens is 434 g/mol. The predicted molar refractivity (Wildman–Crippen MR) is 60.7 cm³/mol. The van der Waals surface area contributed by atoms with Crippen molar-refractivity contribution >= 4 is 0 Å². The van der Waals surface area contributed by atoms with Crippen LogP contribution in [-0.2, 0) is 16.5 Å². The largest absolute Gasteiger partial charge is 2.00 e. The summed E-state index contributed by atoms with van der Waals surface area (Å²) in [6.07, 6.45) is 2.44. The van der Waals surface area contributed by atoms with E-state index in [9.17, 15) is 0 Å². The molecule has 156 valence electrons. The van der Waals surface area contributed by atoms with Gasteiger partial charge in [-0.3, -0.25) is 0 Å². The molecule has 1 saturated heterocycles. The first-order chi connectivity index (χ1) is 11.0. The van der Waals surface area contributed by atoms with Gasteiger partial charge in [-0.25, -0.2) is 37.3 Å². The van der Waals surface area contributed by atoms with E-state index in [2.05, 4.69) is 21.3 Å². The molecule has 0 saturated carbocycles. The Labute approximate surface area is 161 Å². The van der Waals surface area contributed by atoms with E-state index in [1.807, 2.05) is 0 Å². The van der Waals surface area contributed by atoms with Gasteiger partial charge in [0.05, 0.1) is 0 Å². The van der Waals surface area contributed by atoms with Gasteiger partial charge in [-0.2, -0.15) is 0 Å². The molecule has 1 heterocycles. The Morgan fingerprint density at radius 3 is 0.720 bits per heavy atom. The third-order valence-electron chi connectivity index (χ3n) is 2.37. The van der Waals surface area contributed by atoms with Gasteiger partial charge < -0.3 is 21.3 Å². The van der Waals surface area contributed by atoms with Gasteiger partial charge >= 0.3 is 16.5 Å². The van der Waals surface area contributed by atoms with Crippen LogP contribution in [0.5, 0.6) is 0 Å². The first-order valence-corrected chi connectivity index (χ1v) is 9.53. The summed E-state index contributed by atoms with van der Waals surface area (Å²) in [5.74, 6) is 0. The second kappa shape index (κ2) is 19.4. The van der Waals surface area contributed by atoms with Crippen molar-refractivity contribution in [3.63, 3.8) is 0 Å². The summed E-state index contributed by atoms with van der Waals surface area (Å²) in [5.41, 5.74) is 0. The van der Waals surface area contributed by atoms with Gasteiger partial charge in [-0.1, -0.05) is 0 Å². The number of hydrogen-bond donors (Lipinski definition) is 4. The molecule has 0 unspecified atom stereocenters. The Kier molecular flexibility index (Phi) is 23.5. The van der Waals surface area contributed by atoms with Crippen LogP contribution >= 0.6 is 0 Å². The van der Waals surface area contributed by atoms with Crippen LogP contribution in [-0.4, -0.2) is 52.4 Å². The van der Waals surface area contributed by atoms with Crippen molar-refractivity contribution in [3.05, 3.63) is 0 Å². The van der Waals surface area contributed by atoms with Crippen LogP contribution in [0.15, 0.2) is 0 Å². The maximum Gasteiger partial charge on any atom is 2.00 e. The maximum atomic E-state index is 8.49. The molecule has 0 aromatic carbocycles. The predicted octanol–water partition coefficient (Wildman–Crippen LogP) is -10.4. The number of hydrogen-bond acceptors (Lipinski definition) is 12. The van der Waals surface area contributed by atoms with Crippen LogP contribution in [0.1, 0.15) is 12.8 Å². The maximum absolute atomic E-state index is 8.49. The molecule has 0 aliphatic carbocycles. The quantitative estimate of drug-likeness (QED) is 0.248. The van der Waals surface area contributed by atoms with Gasteiger partial charge in [0, 0.05) is 26.2 Å². The van der Waals surface area contributed by atoms with E-state index in [0.29, 0.717) is 0 Å². The van der Waals surface area contributed by atoms with Crippen LogP contribution < -0.4 is 58.5 Å². The molecule has 4 N–H and O–H groups in total. The van der Waals surface area contributed by atoms with Gasteiger partial charge in [0.15, 0.2) is 0 Å². The fourth-order valence-corrected chi connectivity index (χ4v) is 1.53. The number of nitrogens with one attached hydrogen (secondary N) is 4. The zero-order chi connectivity index (χ0) is 18.9. The Hall–Kier alpha value is 0.594. The molecule has 12 nitrogen and oxygen atoms in total. The van der Waals surface area contributed by atoms with Gasteiger partial charge in [0.2, 0.25) is 0 Å². The second-order valence-electron chi connectivity index (χ2n) is 4.46. The Balaban J connectivity index is -0.000000368. The van der Waals surface area contributed by atoms with Crippen molar-refractivity contribution in [2.45, 2.75) is 12.8 Å². The van der Waals surface area contributed by atoms with Crippen LogP contribution in [0.3, 0.4) is 0 Å². The second-order valence-corrected chi connectivity index (χ2v) is 5.97. The number of halogens is 2. The Morgan fingerprint density at radius 2 is 0.560 bits per heavy atom. The molecule has 0 spiro atoms. The van der Waals surface area contributed by atoms with Crippen LogP contribution in [0, 0.1) is 20.5 Å². The molecule has 0 atom stereocenters. The van der Waals surface area contributed by atoms with Crippen molar-refractivity contribution in [2.24, 2.45) is 0 Å².